The Balaban J connectivity index is 2.35. The Morgan fingerprint density at radius 1 is 1.42 bits per heavy atom. The molecule has 0 atom stereocenters. The van der Waals surface area contributed by atoms with Crippen molar-refractivity contribution in [3.05, 3.63) is 35.9 Å². The molecule has 2 rings (SSSR count). The van der Waals surface area contributed by atoms with Crippen molar-refractivity contribution in [3.8, 4) is 0 Å². The van der Waals surface area contributed by atoms with Gasteiger partial charge in [-0.1, -0.05) is 12.1 Å². The second-order valence-electron chi connectivity index (χ2n) is 4.09. The monoisotopic (exact) mass is 280 g/mol. The zero-order valence-electron chi connectivity index (χ0n) is 10.1. The van der Waals surface area contributed by atoms with E-state index in [-0.39, 0.29) is 11.4 Å². The second-order valence-corrected chi connectivity index (χ2v) is 5.95. The number of carbonyl (C=O) groups is 1. The molecule has 0 unspecified atom stereocenters. The van der Waals surface area contributed by atoms with E-state index in [0.29, 0.717) is 11.3 Å². The number of sulfonamides is 1. The fraction of sp³-hybridized carbons (Fsp3) is 0.167. The molecule has 1 heterocycles. The van der Waals surface area contributed by atoms with Crippen molar-refractivity contribution in [2.24, 2.45) is 4.99 Å². The standard InChI is InChI=1S/C12H12N2O4S/c1-9(6-12(15)16)7-14-8-13-10-4-2-3-5-11(10)19(14,17)18/h2-6,8H,7H2,1H3,(H,15,16). The van der Waals surface area contributed by atoms with Gasteiger partial charge < -0.3 is 5.11 Å². The lowest BCUT2D eigenvalue weighted by Gasteiger charge is -2.24. The number of nitrogens with zero attached hydrogens (tertiary/aromatic N) is 2. The van der Waals surface area contributed by atoms with Crippen LogP contribution < -0.4 is 0 Å². The van der Waals surface area contributed by atoms with Gasteiger partial charge >= 0.3 is 5.97 Å². The van der Waals surface area contributed by atoms with Crippen molar-refractivity contribution in [2.75, 3.05) is 6.54 Å². The molecule has 7 heteroatoms. The zero-order chi connectivity index (χ0) is 14.0. The Morgan fingerprint density at radius 2 is 2.11 bits per heavy atom. The van der Waals surface area contributed by atoms with Gasteiger partial charge in [0.1, 0.15) is 11.2 Å². The summed E-state index contributed by atoms with van der Waals surface area (Å²) in [4.78, 5) is 14.7. The Labute approximate surface area is 110 Å². The summed E-state index contributed by atoms with van der Waals surface area (Å²) in [5, 5.41) is 8.62. The average Bonchev–Trinajstić information content (AvgIpc) is 2.32. The van der Waals surface area contributed by atoms with E-state index in [1.807, 2.05) is 0 Å². The van der Waals surface area contributed by atoms with E-state index in [4.69, 9.17) is 5.11 Å². The van der Waals surface area contributed by atoms with Crippen molar-refractivity contribution in [1.29, 1.82) is 0 Å². The van der Waals surface area contributed by atoms with Crippen LogP contribution in [0.3, 0.4) is 0 Å². The maximum Gasteiger partial charge on any atom is 0.328 e. The van der Waals surface area contributed by atoms with Crippen LogP contribution >= 0.6 is 0 Å². The third-order valence-corrected chi connectivity index (χ3v) is 4.29. The third kappa shape index (κ3) is 2.65. The molecule has 1 aromatic carbocycles. The van der Waals surface area contributed by atoms with E-state index >= 15 is 0 Å². The molecule has 1 aromatic rings. The number of carboxylic acids is 1. The molecule has 0 saturated heterocycles. The summed E-state index contributed by atoms with van der Waals surface area (Å²) in [7, 11) is -3.66. The van der Waals surface area contributed by atoms with Gasteiger partial charge in [-0.05, 0) is 24.6 Å². The van der Waals surface area contributed by atoms with Crippen LogP contribution in [-0.4, -0.2) is 36.7 Å². The van der Waals surface area contributed by atoms with Crippen LogP contribution in [0.5, 0.6) is 0 Å². The highest BCUT2D eigenvalue weighted by Crippen LogP contribution is 2.29. The van der Waals surface area contributed by atoms with Gasteiger partial charge in [-0.25, -0.2) is 18.2 Å². The number of hydrogen-bond acceptors (Lipinski definition) is 4. The number of fused-ring (bicyclic) bond motifs is 1. The second kappa shape index (κ2) is 4.85. The van der Waals surface area contributed by atoms with Gasteiger partial charge in [0.05, 0.1) is 12.2 Å². The normalized spacial score (nSPS) is 17.1. The lowest BCUT2D eigenvalue weighted by molar-refractivity contribution is -0.131. The fourth-order valence-electron chi connectivity index (χ4n) is 1.72. The van der Waals surface area contributed by atoms with Crippen LogP contribution in [0.25, 0.3) is 0 Å². The van der Waals surface area contributed by atoms with Gasteiger partial charge in [0, 0.05) is 6.08 Å². The van der Waals surface area contributed by atoms with E-state index < -0.39 is 16.0 Å². The molecule has 1 N–H and O–H groups in total. The predicted molar refractivity (Wildman–Crippen MR) is 69.9 cm³/mol. The first-order valence-corrected chi connectivity index (χ1v) is 6.90. The Kier molecular flexibility index (Phi) is 3.39. The third-order valence-electron chi connectivity index (χ3n) is 2.55. The lowest BCUT2D eigenvalue weighted by atomic mass is 10.3. The largest absolute Gasteiger partial charge is 0.478 e. The summed E-state index contributed by atoms with van der Waals surface area (Å²) in [6.45, 7) is 1.52. The SMILES string of the molecule is CC(=CC(=O)O)CN1C=Nc2ccccc2S1(=O)=O. The van der Waals surface area contributed by atoms with Crippen LogP contribution in [0.15, 0.2) is 45.8 Å². The topological polar surface area (TPSA) is 87.0 Å². The van der Waals surface area contributed by atoms with Crippen molar-refractivity contribution in [3.63, 3.8) is 0 Å². The van der Waals surface area contributed by atoms with Gasteiger partial charge in [-0.15, -0.1) is 0 Å². The summed E-state index contributed by atoms with van der Waals surface area (Å²) >= 11 is 0. The molecule has 0 amide bonds. The van der Waals surface area contributed by atoms with E-state index in [9.17, 15) is 13.2 Å². The molecular weight excluding hydrogens is 268 g/mol. The summed E-state index contributed by atoms with van der Waals surface area (Å²) in [5.74, 6) is -1.11. The van der Waals surface area contributed by atoms with Crippen molar-refractivity contribution in [2.45, 2.75) is 11.8 Å². The molecule has 0 bridgehead atoms. The van der Waals surface area contributed by atoms with E-state index in [0.717, 1.165) is 10.4 Å². The number of rotatable bonds is 3. The van der Waals surface area contributed by atoms with Crippen LogP contribution in [0.4, 0.5) is 5.69 Å². The summed E-state index contributed by atoms with van der Waals surface area (Å²) in [6.07, 6.45) is 2.18. The molecule has 0 aliphatic carbocycles. The highest BCUT2D eigenvalue weighted by molar-refractivity contribution is 7.89. The Bertz CT molecular complexity index is 677. The van der Waals surface area contributed by atoms with E-state index in [1.54, 1.807) is 25.1 Å². The molecule has 0 aromatic heterocycles. The Hall–Kier alpha value is -2.15. The zero-order valence-corrected chi connectivity index (χ0v) is 11.0. The fourth-order valence-corrected chi connectivity index (χ4v) is 3.16. The van der Waals surface area contributed by atoms with Crippen LogP contribution in [0.2, 0.25) is 0 Å². The molecule has 19 heavy (non-hydrogen) atoms. The smallest absolute Gasteiger partial charge is 0.328 e. The summed E-state index contributed by atoms with van der Waals surface area (Å²) in [5.41, 5.74) is 0.806. The summed E-state index contributed by atoms with van der Waals surface area (Å²) in [6, 6.07) is 6.41. The molecule has 1 aliphatic rings. The molecule has 1 aliphatic heterocycles. The minimum absolute atomic E-state index is 0.0353. The van der Waals surface area contributed by atoms with Gasteiger partial charge in [0.15, 0.2) is 0 Å². The maximum absolute atomic E-state index is 12.3. The highest BCUT2D eigenvalue weighted by atomic mass is 32.2. The van der Waals surface area contributed by atoms with Crippen LogP contribution in [0.1, 0.15) is 6.92 Å². The molecule has 0 saturated carbocycles. The number of hydrogen-bond donors (Lipinski definition) is 1. The highest BCUT2D eigenvalue weighted by Gasteiger charge is 2.28. The van der Waals surface area contributed by atoms with Gasteiger partial charge in [0.25, 0.3) is 10.0 Å². The quantitative estimate of drug-likeness (QED) is 0.847. The Morgan fingerprint density at radius 3 is 2.79 bits per heavy atom. The summed E-state index contributed by atoms with van der Waals surface area (Å²) < 4.78 is 25.6. The van der Waals surface area contributed by atoms with E-state index in [2.05, 4.69) is 4.99 Å². The van der Waals surface area contributed by atoms with Crippen molar-refractivity contribution >= 4 is 28.0 Å². The first-order valence-electron chi connectivity index (χ1n) is 5.46. The molecule has 0 fully saturated rings. The van der Waals surface area contributed by atoms with E-state index in [1.165, 1.54) is 12.4 Å². The number of aliphatic imine (C=N–C) groups is 1. The van der Waals surface area contributed by atoms with Crippen LogP contribution in [-0.2, 0) is 14.8 Å². The maximum atomic E-state index is 12.3. The van der Waals surface area contributed by atoms with Crippen molar-refractivity contribution < 1.29 is 18.3 Å². The number of para-hydroxylation sites is 1. The van der Waals surface area contributed by atoms with Crippen molar-refractivity contribution in [1.82, 2.24) is 4.31 Å². The van der Waals surface area contributed by atoms with Gasteiger partial charge in [-0.2, -0.15) is 0 Å². The molecule has 0 spiro atoms. The lowest BCUT2D eigenvalue weighted by Crippen LogP contribution is -2.33. The number of aliphatic carboxylic acids is 1. The minimum Gasteiger partial charge on any atom is -0.478 e. The number of benzene rings is 1. The average molecular weight is 280 g/mol. The number of carboxylic acid groups (broad SMARTS) is 1. The molecule has 100 valence electrons. The predicted octanol–water partition coefficient (Wildman–Crippen LogP) is 1.38. The van der Waals surface area contributed by atoms with Gasteiger partial charge in [0.2, 0.25) is 0 Å². The first kappa shape index (κ1) is 13.3. The molecule has 0 radical (unpaired) electrons. The first-order chi connectivity index (χ1) is 8.91. The molecule has 6 nitrogen and oxygen atoms in total. The van der Waals surface area contributed by atoms with Crippen LogP contribution in [0, 0.1) is 0 Å². The van der Waals surface area contributed by atoms with Gasteiger partial charge in [-0.3, -0.25) is 4.31 Å². The molecular formula is C12H12N2O4S. The minimum atomic E-state index is -3.66.